The number of nitrogens with one attached hydrogen (secondary N) is 2. The standard InChI is InChI=1S/C18H16BrN3O2/c1-11-3-8-17(24-2)15(9-11)20-18(23)16-10-14(21-22-16)12-4-6-13(19)7-5-12/h3-10H,1-2H3,(H,20,23)(H,21,22). The average molecular weight is 386 g/mol. The zero-order chi connectivity index (χ0) is 17.1. The number of amides is 1. The third-order valence-electron chi connectivity index (χ3n) is 3.57. The minimum absolute atomic E-state index is 0.269. The monoisotopic (exact) mass is 385 g/mol. The van der Waals surface area contributed by atoms with E-state index in [9.17, 15) is 4.79 Å². The highest BCUT2D eigenvalue weighted by atomic mass is 79.9. The van der Waals surface area contributed by atoms with Gasteiger partial charge in [-0.05, 0) is 42.8 Å². The molecule has 3 rings (SSSR count). The Bertz CT molecular complexity index is 872. The van der Waals surface area contributed by atoms with Crippen LogP contribution in [-0.4, -0.2) is 23.2 Å². The second-order valence-corrected chi connectivity index (χ2v) is 6.25. The minimum Gasteiger partial charge on any atom is -0.495 e. The van der Waals surface area contributed by atoms with Crippen molar-refractivity contribution in [3.8, 4) is 17.0 Å². The van der Waals surface area contributed by atoms with Crippen LogP contribution < -0.4 is 10.1 Å². The second-order valence-electron chi connectivity index (χ2n) is 5.33. The van der Waals surface area contributed by atoms with Crippen LogP contribution in [0.15, 0.2) is 53.0 Å². The van der Waals surface area contributed by atoms with Gasteiger partial charge in [0, 0.05) is 10.0 Å². The van der Waals surface area contributed by atoms with Crippen LogP contribution >= 0.6 is 15.9 Å². The number of benzene rings is 2. The summed E-state index contributed by atoms with van der Waals surface area (Å²) in [4.78, 5) is 12.4. The lowest BCUT2D eigenvalue weighted by Crippen LogP contribution is -2.13. The largest absolute Gasteiger partial charge is 0.495 e. The van der Waals surface area contributed by atoms with Gasteiger partial charge in [-0.1, -0.05) is 34.1 Å². The van der Waals surface area contributed by atoms with E-state index in [4.69, 9.17) is 4.74 Å². The molecular formula is C18H16BrN3O2. The molecule has 0 atom stereocenters. The number of hydrogen-bond acceptors (Lipinski definition) is 3. The zero-order valence-corrected chi connectivity index (χ0v) is 14.8. The quantitative estimate of drug-likeness (QED) is 0.698. The fourth-order valence-electron chi connectivity index (χ4n) is 2.32. The average Bonchev–Trinajstić information content (AvgIpc) is 3.06. The Morgan fingerprint density at radius 1 is 1.17 bits per heavy atom. The first kappa shape index (κ1) is 16.3. The fraction of sp³-hybridized carbons (Fsp3) is 0.111. The Hall–Kier alpha value is -2.60. The number of aromatic nitrogens is 2. The number of aryl methyl sites for hydroxylation is 1. The van der Waals surface area contributed by atoms with Gasteiger partial charge in [0.2, 0.25) is 0 Å². The lowest BCUT2D eigenvalue weighted by molar-refractivity contribution is 0.102. The topological polar surface area (TPSA) is 67.0 Å². The zero-order valence-electron chi connectivity index (χ0n) is 13.3. The molecular weight excluding hydrogens is 370 g/mol. The third-order valence-corrected chi connectivity index (χ3v) is 4.09. The van der Waals surface area contributed by atoms with Crippen molar-refractivity contribution in [2.24, 2.45) is 0 Å². The highest BCUT2D eigenvalue weighted by Crippen LogP contribution is 2.26. The van der Waals surface area contributed by atoms with Gasteiger partial charge >= 0.3 is 0 Å². The van der Waals surface area contributed by atoms with E-state index in [2.05, 4.69) is 31.4 Å². The van der Waals surface area contributed by atoms with Crippen LogP contribution in [0, 0.1) is 6.92 Å². The normalized spacial score (nSPS) is 10.5. The molecule has 0 saturated carbocycles. The van der Waals surface area contributed by atoms with Crippen LogP contribution in [0.5, 0.6) is 5.75 Å². The highest BCUT2D eigenvalue weighted by Gasteiger charge is 2.13. The summed E-state index contributed by atoms with van der Waals surface area (Å²) >= 11 is 3.40. The number of carbonyl (C=O) groups excluding carboxylic acids is 1. The van der Waals surface area contributed by atoms with Crippen molar-refractivity contribution >= 4 is 27.5 Å². The number of nitrogens with zero attached hydrogens (tertiary/aromatic N) is 1. The predicted octanol–water partition coefficient (Wildman–Crippen LogP) is 4.41. The molecule has 24 heavy (non-hydrogen) atoms. The number of hydrogen-bond donors (Lipinski definition) is 2. The van der Waals surface area contributed by atoms with Gasteiger partial charge in [-0.25, -0.2) is 0 Å². The first-order valence-electron chi connectivity index (χ1n) is 7.34. The molecule has 1 aromatic heterocycles. The van der Waals surface area contributed by atoms with Gasteiger partial charge in [0.1, 0.15) is 11.4 Å². The van der Waals surface area contributed by atoms with Gasteiger partial charge in [-0.3, -0.25) is 9.89 Å². The van der Waals surface area contributed by atoms with E-state index in [1.165, 1.54) is 0 Å². The Morgan fingerprint density at radius 2 is 1.92 bits per heavy atom. The molecule has 2 N–H and O–H groups in total. The third kappa shape index (κ3) is 3.49. The molecule has 0 aliphatic heterocycles. The van der Waals surface area contributed by atoms with E-state index in [1.807, 2.05) is 49.4 Å². The summed E-state index contributed by atoms with van der Waals surface area (Å²) in [6, 6.07) is 15.1. The van der Waals surface area contributed by atoms with Crippen LogP contribution in [0.2, 0.25) is 0 Å². The minimum atomic E-state index is -0.269. The molecule has 0 aliphatic rings. The van der Waals surface area contributed by atoms with Crippen LogP contribution in [0.3, 0.4) is 0 Å². The molecule has 0 fully saturated rings. The Balaban J connectivity index is 1.81. The van der Waals surface area contributed by atoms with Crippen LogP contribution in [-0.2, 0) is 0 Å². The number of carbonyl (C=O) groups is 1. The maximum absolute atomic E-state index is 12.4. The van der Waals surface area contributed by atoms with Gasteiger partial charge in [-0.15, -0.1) is 0 Å². The SMILES string of the molecule is COc1ccc(C)cc1NC(=O)c1cc(-c2ccc(Br)cc2)n[nH]1. The summed E-state index contributed by atoms with van der Waals surface area (Å²) in [5, 5.41) is 9.83. The van der Waals surface area contributed by atoms with E-state index >= 15 is 0 Å². The van der Waals surface area contributed by atoms with Gasteiger partial charge in [0.05, 0.1) is 18.5 Å². The molecule has 2 aromatic carbocycles. The van der Waals surface area contributed by atoms with Crippen molar-refractivity contribution in [1.29, 1.82) is 0 Å². The molecule has 1 amide bonds. The van der Waals surface area contributed by atoms with Crippen molar-refractivity contribution in [3.63, 3.8) is 0 Å². The van der Waals surface area contributed by atoms with Gasteiger partial charge in [0.15, 0.2) is 0 Å². The highest BCUT2D eigenvalue weighted by molar-refractivity contribution is 9.10. The van der Waals surface area contributed by atoms with Gasteiger partial charge in [-0.2, -0.15) is 5.10 Å². The maximum Gasteiger partial charge on any atom is 0.273 e. The molecule has 122 valence electrons. The fourth-order valence-corrected chi connectivity index (χ4v) is 2.58. The first-order chi connectivity index (χ1) is 11.6. The summed E-state index contributed by atoms with van der Waals surface area (Å²) in [5.41, 5.74) is 3.69. The Kier molecular flexibility index (Phi) is 4.66. The van der Waals surface area contributed by atoms with Gasteiger partial charge in [0.25, 0.3) is 5.91 Å². The lowest BCUT2D eigenvalue weighted by atomic mass is 10.1. The number of aromatic amines is 1. The number of halogens is 1. The van der Waals surface area contributed by atoms with Crippen LogP contribution in [0.1, 0.15) is 16.1 Å². The lowest BCUT2D eigenvalue weighted by Gasteiger charge is -2.10. The van der Waals surface area contributed by atoms with Crippen LogP contribution in [0.25, 0.3) is 11.3 Å². The van der Waals surface area contributed by atoms with E-state index in [0.29, 0.717) is 22.8 Å². The van der Waals surface area contributed by atoms with Crippen molar-refractivity contribution in [1.82, 2.24) is 10.2 Å². The second kappa shape index (κ2) is 6.88. The molecule has 0 unspecified atom stereocenters. The van der Waals surface area contributed by atoms with E-state index in [1.54, 1.807) is 13.2 Å². The molecule has 6 heteroatoms. The van der Waals surface area contributed by atoms with E-state index < -0.39 is 0 Å². The van der Waals surface area contributed by atoms with E-state index in [0.717, 1.165) is 15.6 Å². The predicted molar refractivity (Wildman–Crippen MR) is 97.4 cm³/mol. The van der Waals surface area contributed by atoms with Crippen molar-refractivity contribution in [2.75, 3.05) is 12.4 Å². The molecule has 3 aromatic rings. The van der Waals surface area contributed by atoms with Crippen LogP contribution in [0.4, 0.5) is 5.69 Å². The van der Waals surface area contributed by atoms with Gasteiger partial charge < -0.3 is 10.1 Å². The van der Waals surface area contributed by atoms with Crippen molar-refractivity contribution in [3.05, 3.63) is 64.3 Å². The maximum atomic E-state index is 12.4. The molecule has 5 nitrogen and oxygen atoms in total. The smallest absolute Gasteiger partial charge is 0.273 e. The molecule has 0 radical (unpaired) electrons. The van der Waals surface area contributed by atoms with E-state index in [-0.39, 0.29) is 5.91 Å². The number of H-pyrrole nitrogens is 1. The summed E-state index contributed by atoms with van der Waals surface area (Å²) in [6.07, 6.45) is 0. The molecule has 0 spiro atoms. The van der Waals surface area contributed by atoms with Crippen molar-refractivity contribution < 1.29 is 9.53 Å². The summed E-state index contributed by atoms with van der Waals surface area (Å²) in [7, 11) is 1.57. The molecule has 0 bridgehead atoms. The summed E-state index contributed by atoms with van der Waals surface area (Å²) in [6.45, 7) is 1.96. The number of ether oxygens (including phenoxy) is 1. The number of methoxy groups -OCH3 is 1. The number of rotatable bonds is 4. The first-order valence-corrected chi connectivity index (χ1v) is 8.13. The Morgan fingerprint density at radius 3 is 2.62 bits per heavy atom. The van der Waals surface area contributed by atoms with Crippen molar-refractivity contribution in [2.45, 2.75) is 6.92 Å². The molecule has 0 saturated heterocycles. The summed E-state index contributed by atoms with van der Waals surface area (Å²) in [5.74, 6) is 0.344. The summed E-state index contributed by atoms with van der Waals surface area (Å²) < 4.78 is 6.27. The molecule has 1 heterocycles. The number of anilines is 1. The Labute approximate surface area is 148 Å². The molecule has 0 aliphatic carbocycles.